The van der Waals surface area contributed by atoms with Crippen LogP contribution in [0.2, 0.25) is 0 Å². The predicted molar refractivity (Wildman–Crippen MR) is 133 cm³/mol. The van der Waals surface area contributed by atoms with Crippen molar-refractivity contribution in [3.8, 4) is 5.69 Å². The summed E-state index contributed by atoms with van der Waals surface area (Å²) in [5, 5.41) is 12.7. The molecule has 1 N–H and O–H groups in total. The molecule has 0 bridgehead atoms. The van der Waals surface area contributed by atoms with Gasteiger partial charge in [0.05, 0.1) is 16.4 Å². The van der Waals surface area contributed by atoms with Gasteiger partial charge in [-0.1, -0.05) is 55.9 Å². The van der Waals surface area contributed by atoms with Crippen LogP contribution in [-0.4, -0.2) is 31.2 Å². The summed E-state index contributed by atoms with van der Waals surface area (Å²) < 4.78 is 1.32. The highest BCUT2D eigenvalue weighted by Gasteiger charge is 2.35. The lowest BCUT2D eigenvalue weighted by Gasteiger charge is -2.25. The van der Waals surface area contributed by atoms with Crippen molar-refractivity contribution in [2.45, 2.75) is 69.7 Å². The average molecular weight is 465 g/mol. The molecule has 1 aliphatic carbocycles. The Morgan fingerprint density at radius 3 is 2.42 bits per heavy atom. The maximum Gasteiger partial charge on any atom is 0.307 e. The number of ketones is 1. The molecular weight excluding hydrogens is 432 g/mol. The lowest BCUT2D eigenvalue weighted by molar-refractivity contribution is -0.145. The predicted octanol–water partition coefficient (Wildman–Crippen LogP) is 6.40. The van der Waals surface area contributed by atoms with E-state index in [4.69, 9.17) is 0 Å². The number of hydrogen-bond acceptors (Lipinski definition) is 4. The molecule has 0 saturated heterocycles. The van der Waals surface area contributed by atoms with Gasteiger partial charge in [-0.05, 0) is 62.5 Å². The summed E-state index contributed by atoms with van der Waals surface area (Å²) >= 11 is 1.40. The highest BCUT2D eigenvalue weighted by Crippen LogP contribution is 2.45. The van der Waals surface area contributed by atoms with E-state index < -0.39 is 16.6 Å². The van der Waals surface area contributed by atoms with Gasteiger partial charge in [-0.3, -0.25) is 14.2 Å². The van der Waals surface area contributed by atoms with Crippen LogP contribution in [-0.2, 0) is 9.59 Å². The molecule has 0 aliphatic heterocycles. The molecule has 1 unspecified atom stereocenters. The van der Waals surface area contributed by atoms with Gasteiger partial charge >= 0.3 is 5.97 Å². The summed E-state index contributed by atoms with van der Waals surface area (Å²) in [7, 11) is 0. The Hall–Kier alpha value is -2.60. The van der Waals surface area contributed by atoms with Crippen LogP contribution in [0.15, 0.2) is 47.8 Å². The summed E-state index contributed by atoms with van der Waals surface area (Å²) in [6.45, 7) is 9.44. The molecule has 174 valence electrons. The third-order valence-corrected chi connectivity index (χ3v) is 7.85. The molecule has 2 aromatic carbocycles. The molecule has 6 heteroatoms. The number of benzene rings is 2. The number of carboxylic acid groups (broad SMARTS) is 1. The summed E-state index contributed by atoms with van der Waals surface area (Å²) in [5.74, 6) is -1.12. The lowest BCUT2D eigenvalue weighted by atomic mass is 9.88. The van der Waals surface area contributed by atoms with Gasteiger partial charge in [-0.25, -0.2) is 4.98 Å². The fourth-order valence-electron chi connectivity index (χ4n) is 4.37. The number of rotatable bonds is 9. The summed E-state index contributed by atoms with van der Waals surface area (Å²) in [4.78, 5) is 29.4. The van der Waals surface area contributed by atoms with Crippen molar-refractivity contribution >= 4 is 34.3 Å². The first-order valence-corrected chi connectivity index (χ1v) is 12.4. The Balaban J connectivity index is 1.69. The van der Waals surface area contributed by atoms with Gasteiger partial charge in [0, 0.05) is 23.7 Å². The zero-order chi connectivity index (χ0) is 23.9. The second kappa shape index (κ2) is 8.98. The molecule has 1 saturated carbocycles. The number of thioether (sulfide) groups is 1. The third-order valence-electron chi connectivity index (χ3n) is 6.64. The number of aryl methyl sites for hydroxylation is 1. The molecule has 5 nitrogen and oxygen atoms in total. The third kappa shape index (κ3) is 4.72. The van der Waals surface area contributed by atoms with E-state index >= 15 is 0 Å². The topological polar surface area (TPSA) is 72.2 Å². The van der Waals surface area contributed by atoms with Crippen molar-refractivity contribution in [1.82, 2.24) is 9.55 Å². The number of Topliss-reactive ketones (excluding diaryl/α,β-unsaturated/α-hetero) is 1. The minimum atomic E-state index is -0.918. The molecule has 4 rings (SSSR count). The van der Waals surface area contributed by atoms with Crippen molar-refractivity contribution in [3.05, 3.63) is 53.9 Å². The number of carbonyl (C=O) groups excluding carboxylic acids is 1. The second-order valence-corrected chi connectivity index (χ2v) is 11.5. The van der Waals surface area contributed by atoms with Crippen LogP contribution in [0, 0.1) is 18.8 Å². The van der Waals surface area contributed by atoms with Gasteiger partial charge in [0.2, 0.25) is 0 Å². The van der Waals surface area contributed by atoms with Gasteiger partial charge in [0.1, 0.15) is 5.78 Å². The number of aromatic nitrogens is 2. The molecule has 0 amide bonds. The number of fused-ring (bicyclic) bond motifs is 1. The van der Waals surface area contributed by atoms with Gasteiger partial charge in [0.25, 0.3) is 0 Å². The van der Waals surface area contributed by atoms with E-state index in [0.29, 0.717) is 5.92 Å². The molecule has 0 radical (unpaired) electrons. The maximum atomic E-state index is 13.2. The molecule has 0 spiro atoms. The Bertz CT molecular complexity index is 1210. The van der Waals surface area contributed by atoms with E-state index in [1.807, 2.05) is 40.8 Å². The van der Waals surface area contributed by atoms with E-state index in [1.54, 1.807) is 0 Å². The highest BCUT2D eigenvalue weighted by atomic mass is 32.2. The largest absolute Gasteiger partial charge is 0.481 e. The van der Waals surface area contributed by atoms with Crippen molar-refractivity contribution in [1.29, 1.82) is 0 Å². The normalized spacial score (nSPS) is 15.2. The Morgan fingerprint density at radius 1 is 1.15 bits per heavy atom. The first-order chi connectivity index (χ1) is 15.6. The number of aliphatic carboxylic acids is 1. The van der Waals surface area contributed by atoms with Gasteiger partial charge in [-0.15, -0.1) is 0 Å². The molecular formula is C27H32N2O3S. The summed E-state index contributed by atoms with van der Waals surface area (Å²) in [6, 6.07) is 12.9. The fourth-order valence-corrected chi connectivity index (χ4v) is 5.46. The smallest absolute Gasteiger partial charge is 0.307 e. The number of carboxylic acids is 1. The van der Waals surface area contributed by atoms with Crippen molar-refractivity contribution in [2.24, 2.45) is 11.8 Å². The molecule has 1 heterocycles. The minimum Gasteiger partial charge on any atom is -0.481 e. The van der Waals surface area contributed by atoms with Crippen LogP contribution in [0.25, 0.3) is 16.5 Å². The van der Waals surface area contributed by atoms with Crippen molar-refractivity contribution in [3.63, 3.8) is 0 Å². The summed E-state index contributed by atoms with van der Waals surface area (Å²) in [5.41, 5.74) is 3.46. The van der Waals surface area contributed by atoms with Crippen LogP contribution in [0.3, 0.4) is 0 Å². The molecule has 1 atom stereocenters. The number of carbonyl (C=O) groups is 2. The quantitative estimate of drug-likeness (QED) is 0.371. The van der Waals surface area contributed by atoms with Crippen LogP contribution < -0.4 is 0 Å². The average Bonchev–Trinajstić information content (AvgIpc) is 3.54. The molecule has 1 fully saturated rings. The number of nitrogens with zero attached hydrogens (tertiary/aromatic N) is 2. The number of imidazole rings is 1. The van der Waals surface area contributed by atoms with Crippen LogP contribution >= 0.6 is 11.8 Å². The Morgan fingerprint density at radius 2 is 1.82 bits per heavy atom. The summed E-state index contributed by atoms with van der Waals surface area (Å²) in [6.07, 6.45) is 4.35. The van der Waals surface area contributed by atoms with E-state index in [0.717, 1.165) is 16.5 Å². The minimum absolute atomic E-state index is 0.0196. The maximum absolute atomic E-state index is 13.2. The van der Waals surface area contributed by atoms with E-state index in [2.05, 4.69) is 45.9 Å². The van der Waals surface area contributed by atoms with Crippen LogP contribution in [0.1, 0.15) is 64.1 Å². The Labute approximate surface area is 199 Å². The molecule has 33 heavy (non-hydrogen) atoms. The first-order valence-electron chi connectivity index (χ1n) is 11.6. The van der Waals surface area contributed by atoms with E-state index in [1.165, 1.54) is 40.9 Å². The zero-order valence-electron chi connectivity index (χ0n) is 20.0. The first kappa shape index (κ1) is 23.6. The fraction of sp³-hybridized carbons (Fsp3) is 0.444. The molecule has 3 aromatic rings. The van der Waals surface area contributed by atoms with Crippen LogP contribution in [0.5, 0.6) is 0 Å². The van der Waals surface area contributed by atoms with Crippen molar-refractivity contribution in [2.75, 3.05) is 0 Å². The van der Waals surface area contributed by atoms with Gasteiger partial charge in [0.15, 0.2) is 5.16 Å². The lowest BCUT2D eigenvalue weighted by Crippen LogP contribution is -2.33. The highest BCUT2D eigenvalue weighted by molar-refractivity contribution is 8.01. The monoisotopic (exact) mass is 464 g/mol. The number of hydrogen-bond donors (Lipinski definition) is 1. The SMILES string of the molecule is Cc1cnc(SC(C)(C)C(=O)CC(C(=O)O)C(C)C)n1-c1ccc(C2CC2)c2ccccc12. The van der Waals surface area contributed by atoms with E-state index in [9.17, 15) is 14.7 Å². The van der Waals surface area contributed by atoms with Crippen molar-refractivity contribution < 1.29 is 14.7 Å². The van der Waals surface area contributed by atoms with Gasteiger partial charge in [-0.2, -0.15) is 0 Å². The molecule has 1 aromatic heterocycles. The standard InChI is InChI=1S/C27H32N2O3S/c1-16(2)22(25(31)32)14-24(30)27(4,5)33-26-28-15-17(3)29(26)23-13-12-19(18-10-11-18)20-8-6-7-9-21(20)23/h6-9,12-13,15-16,18,22H,10-11,14H2,1-5H3,(H,31,32). The zero-order valence-corrected chi connectivity index (χ0v) is 20.8. The second-order valence-electron chi connectivity index (χ2n) is 9.94. The van der Waals surface area contributed by atoms with Gasteiger partial charge < -0.3 is 5.11 Å². The molecule has 1 aliphatic rings. The Kier molecular flexibility index (Phi) is 6.41. The van der Waals surface area contributed by atoms with Crippen LogP contribution in [0.4, 0.5) is 0 Å². The van der Waals surface area contributed by atoms with E-state index in [-0.39, 0.29) is 18.1 Å².